The van der Waals surface area contributed by atoms with E-state index in [1.807, 2.05) is 24.6 Å². The Hall–Kier alpha value is -2.61. The van der Waals surface area contributed by atoms with Crippen molar-refractivity contribution in [1.29, 1.82) is 0 Å². The lowest BCUT2D eigenvalue weighted by molar-refractivity contribution is 0.737. The van der Waals surface area contributed by atoms with Crippen molar-refractivity contribution in [1.82, 2.24) is 15.3 Å². The number of aliphatic imine (C=N–C) groups is 1. The molecule has 0 radical (unpaired) electrons. The highest BCUT2D eigenvalue weighted by molar-refractivity contribution is 8.13. The van der Waals surface area contributed by atoms with Crippen LogP contribution < -0.4 is 10.6 Å². The molecule has 3 rings (SSSR count). The number of nitrogens with zero attached hydrogens (tertiary/aromatic N) is 3. The lowest BCUT2D eigenvalue weighted by Gasteiger charge is -2.10. The van der Waals surface area contributed by atoms with Gasteiger partial charge in [0.1, 0.15) is 10.7 Å². The first-order valence-electron chi connectivity index (χ1n) is 10.4. The van der Waals surface area contributed by atoms with E-state index in [0.717, 1.165) is 28.7 Å². The Labute approximate surface area is 199 Å². The average Bonchev–Trinajstić information content (AvgIpc) is 2.77. The van der Waals surface area contributed by atoms with Crippen LogP contribution in [0.2, 0.25) is 0 Å². The molecule has 0 bridgehead atoms. The van der Waals surface area contributed by atoms with Crippen molar-refractivity contribution in [3.05, 3.63) is 94.3 Å². The zero-order valence-corrected chi connectivity index (χ0v) is 20.6. The Morgan fingerprint density at radius 3 is 2.47 bits per heavy atom. The second kappa shape index (κ2) is 12.4. The van der Waals surface area contributed by atoms with Crippen LogP contribution in [0, 0.1) is 13.8 Å². The van der Waals surface area contributed by atoms with Gasteiger partial charge in [0.05, 0.1) is 5.70 Å². The van der Waals surface area contributed by atoms with E-state index in [1.165, 1.54) is 16.7 Å². The fourth-order valence-corrected chi connectivity index (χ4v) is 4.17. The van der Waals surface area contributed by atoms with Crippen LogP contribution in [0.5, 0.6) is 0 Å². The Morgan fingerprint density at radius 2 is 1.78 bits per heavy atom. The summed E-state index contributed by atoms with van der Waals surface area (Å²) in [7, 11) is 0. The normalized spacial score (nSPS) is 12.1. The summed E-state index contributed by atoms with van der Waals surface area (Å²) in [5.41, 5.74) is 6.41. The molecule has 0 fully saturated rings. The van der Waals surface area contributed by atoms with Crippen LogP contribution in [0.25, 0.3) is 0 Å². The largest absolute Gasteiger partial charge is 0.324 e. The van der Waals surface area contributed by atoms with Gasteiger partial charge in [-0.05, 0) is 66.7 Å². The highest BCUT2D eigenvalue weighted by Crippen LogP contribution is 2.19. The molecule has 2 N–H and O–H groups in total. The second-order valence-electron chi connectivity index (χ2n) is 7.32. The maximum absolute atomic E-state index is 4.90. The number of aromatic nitrogens is 2. The molecule has 0 spiro atoms. The van der Waals surface area contributed by atoms with Gasteiger partial charge in [0.25, 0.3) is 0 Å². The molecule has 0 amide bonds. The quantitative estimate of drug-likeness (QED) is 0.302. The van der Waals surface area contributed by atoms with Crippen molar-refractivity contribution in [2.24, 2.45) is 4.99 Å². The van der Waals surface area contributed by atoms with Crippen molar-refractivity contribution in [3.8, 4) is 0 Å². The van der Waals surface area contributed by atoms with Crippen molar-refractivity contribution < 1.29 is 0 Å². The van der Waals surface area contributed by atoms with Crippen LogP contribution in [0.1, 0.15) is 22.4 Å². The van der Waals surface area contributed by atoms with Crippen molar-refractivity contribution >= 4 is 40.2 Å². The molecule has 1 aromatic heterocycles. The zero-order valence-electron chi connectivity index (χ0n) is 18.9. The third-order valence-electron chi connectivity index (χ3n) is 4.52. The molecule has 0 atom stereocenters. The van der Waals surface area contributed by atoms with E-state index in [1.54, 1.807) is 29.7 Å². The second-order valence-corrected chi connectivity index (χ2v) is 8.82. The van der Waals surface area contributed by atoms with Crippen molar-refractivity contribution in [3.63, 3.8) is 0 Å². The van der Waals surface area contributed by atoms with Crippen molar-refractivity contribution in [2.45, 2.75) is 20.4 Å². The van der Waals surface area contributed by atoms with Crippen LogP contribution in [-0.2, 0) is 6.54 Å². The Bertz CT molecular complexity index is 1060. The number of benzene rings is 2. The number of aryl methyl sites for hydroxylation is 2. The molecule has 0 saturated carbocycles. The molecule has 166 valence electrons. The Balaban J connectivity index is 1.74. The molecule has 7 heteroatoms. The highest BCUT2D eigenvalue weighted by Gasteiger charge is 2.09. The summed E-state index contributed by atoms with van der Waals surface area (Å²) in [5, 5.41) is 9.73. The molecular weight excluding hydrogens is 434 g/mol. The molecular formula is C25H29N5S2. The van der Waals surface area contributed by atoms with Crippen molar-refractivity contribution in [2.75, 3.05) is 24.4 Å². The number of anilines is 2. The van der Waals surface area contributed by atoms with Gasteiger partial charge >= 0.3 is 0 Å². The third-order valence-corrected chi connectivity index (χ3v) is 5.72. The molecule has 0 aliphatic rings. The molecule has 32 heavy (non-hydrogen) atoms. The van der Waals surface area contributed by atoms with E-state index in [0.29, 0.717) is 12.5 Å². The predicted octanol–water partition coefficient (Wildman–Crippen LogP) is 5.94. The number of hydrogen-bond acceptors (Lipinski definition) is 7. The van der Waals surface area contributed by atoms with Crippen LogP contribution in [-0.4, -0.2) is 34.1 Å². The van der Waals surface area contributed by atoms with Gasteiger partial charge in [0.15, 0.2) is 0 Å². The number of rotatable bonds is 9. The molecule has 0 aliphatic heterocycles. The Kier molecular flexibility index (Phi) is 9.34. The summed E-state index contributed by atoms with van der Waals surface area (Å²) in [6.07, 6.45) is 5.83. The van der Waals surface area contributed by atoms with E-state index < -0.39 is 0 Å². The molecule has 2 aromatic carbocycles. The number of thioether (sulfide) groups is 2. The van der Waals surface area contributed by atoms with E-state index in [9.17, 15) is 0 Å². The number of nitrogens with one attached hydrogen (secondary N) is 2. The minimum atomic E-state index is 0.562. The molecule has 3 aromatic rings. The summed E-state index contributed by atoms with van der Waals surface area (Å²) < 4.78 is 0. The standard InChI is InChI=1S/C25H29N5S2/c1-18-12-19(2)14-21(13-18)29-25-27-11-10-23(30-25)24(32-4)28-22(17-31-3)16-26-15-20-8-6-5-7-9-20/h5-14,17,26H,15-16H2,1-4H3,(H,27,29,30)/b22-17+,28-24?. The average molecular weight is 464 g/mol. The van der Waals surface area contributed by atoms with Gasteiger partial charge in [-0.3, -0.25) is 0 Å². The minimum Gasteiger partial charge on any atom is -0.324 e. The lowest BCUT2D eigenvalue weighted by atomic mass is 10.1. The predicted molar refractivity (Wildman–Crippen MR) is 141 cm³/mol. The van der Waals surface area contributed by atoms with Crippen LogP contribution in [0.3, 0.4) is 0 Å². The molecule has 0 saturated heterocycles. The maximum atomic E-state index is 4.90. The molecule has 0 aliphatic carbocycles. The van der Waals surface area contributed by atoms with E-state index in [-0.39, 0.29) is 0 Å². The van der Waals surface area contributed by atoms with Gasteiger partial charge in [-0.25, -0.2) is 15.0 Å². The Morgan fingerprint density at radius 1 is 1.03 bits per heavy atom. The smallest absolute Gasteiger partial charge is 0.227 e. The monoisotopic (exact) mass is 463 g/mol. The third kappa shape index (κ3) is 7.51. The van der Waals surface area contributed by atoms with Crippen LogP contribution >= 0.6 is 23.5 Å². The summed E-state index contributed by atoms with van der Waals surface area (Å²) in [4.78, 5) is 14.0. The SMILES string of the molecule is CS/C=C(\CNCc1ccccc1)N=C(SC)c1ccnc(Nc2cc(C)cc(C)c2)n1. The highest BCUT2D eigenvalue weighted by atomic mass is 32.2. The lowest BCUT2D eigenvalue weighted by Crippen LogP contribution is -2.16. The van der Waals surface area contributed by atoms with Crippen LogP contribution in [0.15, 0.2) is 76.9 Å². The molecule has 0 unspecified atom stereocenters. The maximum Gasteiger partial charge on any atom is 0.227 e. The summed E-state index contributed by atoms with van der Waals surface area (Å²) in [5.74, 6) is 0.562. The number of hydrogen-bond donors (Lipinski definition) is 2. The fraction of sp³-hybridized carbons (Fsp3) is 0.240. The van der Waals surface area contributed by atoms with E-state index in [2.05, 4.69) is 77.3 Å². The zero-order chi connectivity index (χ0) is 22.8. The van der Waals surface area contributed by atoms with Gasteiger partial charge in [0.2, 0.25) is 5.95 Å². The summed E-state index contributed by atoms with van der Waals surface area (Å²) in [6, 6.07) is 18.6. The molecule has 1 heterocycles. The molecule has 5 nitrogen and oxygen atoms in total. The van der Waals surface area contributed by atoms with Gasteiger partial charge in [-0.2, -0.15) is 0 Å². The first-order chi connectivity index (χ1) is 15.6. The van der Waals surface area contributed by atoms with Gasteiger partial charge < -0.3 is 10.6 Å². The van der Waals surface area contributed by atoms with Gasteiger partial charge in [0, 0.05) is 25.0 Å². The van der Waals surface area contributed by atoms with Gasteiger partial charge in [-0.15, -0.1) is 23.5 Å². The first kappa shape index (κ1) is 24.0. The van der Waals surface area contributed by atoms with E-state index >= 15 is 0 Å². The van der Waals surface area contributed by atoms with Gasteiger partial charge in [-0.1, -0.05) is 36.4 Å². The summed E-state index contributed by atoms with van der Waals surface area (Å²) in [6.45, 7) is 5.64. The van der Waals surface area contributed by atoms with E-state index in [4.69, 9.17) is 9.98 Å². The summed E-state index contributed by atoms with van der Waals surface area (Å²) >= 11 is 3.23. The fourth-order valence-electron chi connectivity index (χ4n) is 3.23. The topological polar surface area (TPSA) is 62.2 Å². The minimum absolute atomic E-state index is 0.562. The van der Waals surface area contributed by atoms with Crippen LogP contribution in [0.4, 0.5) is 11.6 Å². The first-order valence-corrected chi connectivity index (χ1v) is 12.9.